The molecular weight excluding hydrogens is 524 g/mol. The Morgan fingerprint density at radius 2 is 0.636 bits per heavy atom. The van der Waals surface area contributed by atoms with Gasteiger partial charge in [0, 0.05) is 10.8 Å². The van der Waals surface area contributed by atoms with Gasteiger partial charge >= 0.3 is 0 Å². The van der Waals surface area contributed by atoms with Crippen molar-refractivity contribution in [2.45, 2.75) is 0 Å². The summed E-state index contributed by atoms with van der Waals surface area (Å²) in [5.41, 5.74) is -3.52. The minimum absolute atomic E-state index is 0.193. The van der Waals surface area contributed by atoms with Gasteiger partial charge in [0.25, 0.3) is 0 Å². The number of rotatable bonds is 6. The summed E-state index contributed by atoms with van der Waals surface area (Å²) in [6.45, 7) is 0. The highest BCUT2D eigenvalue weighted by Gasteiger charge is 2.26. The number of benzene rings is 2. The maximum atomic E-state index is 13.5. The number of halogens is 10. The predicted octanol–water partition coefficient (Wildman–Crippen LogP) is 3.97. The molecule has 0 radical (unpaired) electrons. The Bertz CT molecular complexity index is 1250. The molecule has 0 bridgehead atoms. The topological polar surface area (TPSA) is 80.3 Å². The van der Waals surface area contributed by atoms with Crippen LogP contribution in [0, 0.1) is 58.2 Å². The zero-order valence-electron chi connectivity index (χ0n) is 15.0. The lowest BCUT2D eigenvalue weighted by Gasteiger charge is -2.05. The van der Waals surface area contributed by atoms with E-state index in [0.717, 1.165) is 4.13 Å². The first kappa shape index (κ1) is 26.3. The molecular formula is C16H5F10NO4S2. The summed E-state index contributed by atoms with van der Waals surface area (Å²) in [6, 6.07) is 0. The van der Waals surface area contributed by atoms with Crippen molar-refractivity contribution >= 4 is 32.2 Å². The molecule has 180 valence electrons. The van der Waals surface area contributed by atoms with Crippen LogP contribution >= 0.6 is 0 Å². The highest BCUT2D eigenvalue weighted by molar-refractivity contribution is 8.07. The van der Waals surface area contributed by atoms with Crippen LogP contribution in [0.4, 0.5) is 43.9 Å². The van der Waals surface area contributed by atoms with Crippen LogP contribution < -0.4 is 4.13 Å². The molecule has 2 aromatic carbocycles. The van der Waals surface area contributed by atoms with Gasteiger partial charge in [-0.25, -0.2) is 60.7 Å². The van der Waals surface area contributed by atoms with E-state index in [1.807, 2.05) is 0 Å². The predicted molar refractivity (Wildman–Crippen MR) is 91.5 cm³/mol. The summed E-state index contributed by atoms with van der Waals surface area (Å²) in [5, 5.41) is -0.676. The molecule has 0 amide bonds. The van der Waals surface area contributed by atoms with Gasteiger partial charge in [-0.15, -0.1) is 4.13 Å². The molecule has 0 spiro atoms. The Hall–Kier alpha value is -2.92. The molecule has 5 nitrogen and oxygen atoms in total. The van der Waals surface area contributed by atoms with E-state index < -0.39 is 89.3 Å². The molecule has 0 aromatic heterocycles. The van der Waals surface area contributed by atoms with Gasteiger partial charge in [-0.2, -0.15) is 0 Å². The number of nitrogens with one attached hydrogen (secondary N) is 1. The first-order valence-corrected chi connectivity index (χ1v) is 10.8. The zero-order valence-corrected chi connectivity index (χ0v) is 16.7. The fourth-order valence-electron chi connectivity index (χ4n) is 2.07. The maximum Gasteiger partial charge on any atom is 0.246 e. The molecule has 0 heterocycles. The van der Waals surface area contributed by atoms with Gasteiger partial charge in [-0.1, -0.05) is 0 Å². The van der Waals surface area contributed by atoms with E-state index in [4.69, 9.17) is 0 Å². The molecule has 0 fully saturated rings. The number of hydrogen-bond acceptors (Lipinski definition) is 4. The maximum absolute atomic E-state index is 13.5. The first-order chi connectivity index (χ1) is 15.0. The van der Waals surface area contributed by atoms with Crippen LogP contribution in [0.5, 0.6) is 0 Å². The van der Waals surface area contributed by atoms with Crippen molar-refractivity contribution in [1.29, 1.82) is 0 Å². The number of sulfonamides is 2. The van der Waals surface area contributed by atoms with E-state index >= 15 is 0 Å². The molecule has 0 unspecified atom stereocenters. The van der Waals surface area contributed by atoms with Crippen molar-refractivity contribution in [3.8, 4) is 0 Å². The summed E-state index contributed by atoms with van der Waals surface area (Å²) < 4.78 is 180. The van der Waals surface area contributed by atoms with Crippen molar-refractivity contribution < 1.29 is 60.7 Å². The monoisotopic (exact) mass is 529 g/mol. The van der Waals surface area contributed by atoms with Gasteiger partial charge < -0.3 is 0 Å². The fraction of sp³-hybridized carbons (Fsp3) is 0. The van der Waals surface area contributed by atoms with E-state index in [1.54, 1.807) is 0 Å². The van der Waals surface area contributed by atoms with E-state index in [9.17, 15) is 60.7 Å². The molecule has 2 aromatic rings. The standard InChI is InChI=1S/C16H5F10NO4S2/c17-7-5(8(18)12(22)15(25)11(7)21)1-3-32(28,29)27-33(30,31)4-2-6-9(19)13(23)16(26)14(24)10(6)20/h1-4,27H/b3-1-,4-2+. The molecule has 0 saturated carbocycles. The largest absolute Gasteiger partial charge is 0.246 e. The average Bonchev–Trinajstić information content (AvgIpc) is 2.72. The lowest BCUT2D eigenvalue weighted by atomic mass is 10.1. The van der Waals surface area contributed by atoms with Crippen molar-refractivity contribution in [3.63, 3.8) is 0 Å². The van der Waals surface area contributed by atoms with Gasteiger partial charge in [-0.3, -0.25) is 0 Å². The molecule has 0 aliphatic heterocycles. The fourth-order valence-corrected chi connectivity index (χ4v) is 4.44. The minimum atomic E-state index is -5.29. The summed E-state index contributed by atoms with van der Waals surface area (Å²) in [7, 11) is -10.6. The zero-order chi connectivity index (χ0) is 25.5. The number of hydrogen-bond donors (Lipinski definition) is 1. The molecule has 0 aliphatic carbocycles. The van der Waals surface area contributed by atoms with Gasteiger partial charge in [0.05, 0.1) is 11.1 Å². The molecule has 0 saturated heterocycles. The minimum Gasteiger partial charge on any atom is -0.207 e. The van der Waals surface area contributed by atoms with E-state index in [-0.39, 0.29) is 23.0 Å². The van der Waals surface area contributed by atoms with Gasteiger partial charge in [-0.05, 0) is 12.2 Å². The van der Waals surface area contributed by atoms with Crippen LogP contribution in [0.3, 0.4) is 0 Å². The summed E-state index contributed by atoms with van der Waals surface area (Å²) in [5.74, 6) is -24.6. The lowest BCUT2D eigenvalue weighted by molar-refractivity contribution is 0.377. The normalized spacial score (nSPS) is 12.9. The van der Waals surface area contributed by atoms with Gasteiger partial charge in [0.15, 0.2) is 46.5 Å². The quantitative estimate of drug-likeness (QED) is 0.349. The van der Waals surface area contributed by atoms with Crippen molar-refractivity contribution in [2.24, 2.45) is 0 Å². The smallest absolute Gasteiger partial charge is 0.207 e. The van der Waals surface area contributed by atoms with E-state index in [0.29, 0.717) is 0 Å². The second-order valence-corrected chi connectivity index (χ2v) is 9.14. The average molecular weight is 529 g/mol. The second-order valence-electron chi connectivity index (χ2n) is 5.75. The Balaban J connectivity index is 2.38. The summed E-state index contributed by atoms with van der Waals surface area (Å²) in [6.07, 6.45) is -0.385. The van der Waals surface area contributed by atoms with Crippen LogP contribution in [0.25, 0.3) is 12.2 Å². The molecule has 0 atom stereocenters. The molecule has 17 heteroatoms. The van der Waals surface area contributed by atoms with Gasteiger partial charge in [0.1, 0.15) is 0 Å². The highest BCUT2D eigenvalue weighted by atomic mass is 32.3. The lowest BCUT2D eigenvalue weighted by Crippen LogP contribution is -2.27. The molecule has 1 N–H and O–H groups in total. The van der Waals surface area contributed by atoms with Gasteiger partial charge in [0.2, 0.25) is 31.7 Å². The van der Waals surface area contributed by atoms with Crippen molar-refractivity contribution in [3.05, 3.63) is 80.1 Å². The third-order valence-corrected chi connectivity index (χ3v) is 6.39. The molecule has 2 rings (SSSR count). The highest BCUT2D eigenvalue weighted by Crippen LogP contribution is 2.25. The van der Waals surface area contributed by atoms with Crippen LogP contribution in [-0.2, 0) is 20.0 Å². The Labute approximate surface area is 177 Å². The third kappa shape index (κ3) is 5.36. The summed E-state index contributed by atoms with van der Waals surface area (Å²) >= 11 is 0. The second kappa shape index (κ2) is 9.14. The van der Waals surface area contributed by atoms with E-state index in [2.05, 4.69) is 0 Å². The SMILES string of the molecule is O=S(=O)(/C=C\c1c(F)c(F)c(F)c(F)c1F)NS(=O)(=O)/C=C/c1c(F)c(F)c(F)c(F)c1F. The molecule has 0 aliphatic rings. The van der Waals surface area contributed by atoms with Crippen molar-refractivity contribution in [1.82, 2.24) is 4.13 Å². The third-order valence-electron chi connectivity index (χ3n) is 3.55. The van der Waals surface area contributed by atoms with Crippen LogP contribution in [0.1, 0.15) is 11.1 Å². The Morgan fingerprint density at radius 1 is 0.424 bits per heavy atom. The Kier molecular flexibility index (Phi) is 7.30. The van der Waals surface area contributed by atoms with Crippen LogP contribution in [-0.4, -0.2) is 16.8 Å². The van der Waals surface area contributed by atoms with Crippen LogP contribution in [0.2, 0.25) is 0 Å². The summed E-state index contributed by atoms with van der Waals surface area (Å²) in [4.78, 5) is 0. The van der Waals surface area contributed by atoms with E-state index in [1.165, 1.54) is 0 Å². The van der Waals surface area contributed by atoms with Crippen LogP contribution in [0.15, 0.2) is 10.8 Å². The Morgan fingerprint density at radius 3 is 0.879 bits per heavy atom. The van der Waals surface area contributed by atoms with Crippen molar-refractivity contribution in [2.75, 3.05) is 0 Å². The first-order valence-electron chi connectivity index (χ1n) is 7.68. The molecule has 33 heavy (non-hydrogen) atoms.